The second-order valence-electron chi connectivity index (χ2n) is 4.02. The van der Waals surface area contributed by atoms with E-state index in [1.807, 2.05) is 13.8 Å². The Balaban J connectivity index is 2.86. The van der Waals surface area contributed by atoms with Crippen molar-refractivity contribution in [3.05, 3.63) is 17.5 Å². The summed E-state index contributed by atoms with van der Waals surface area (Å²) in [6, 6.07) is 1.75. The van der Waals surface area contributed by atoms with Crippen LogP contribution in [0.4, 0.5) is 0 Å². The monoisotopic (exact) mass is 240 g/mol. The van der Waals surface area contributed by atoms with E-state index in [0.29, 0.717) is 18.0 Å². The Morgan fingerprint density at radius 2 is 2.18 bits per heavy atom. The van der Waals surface area contributed by atoms with Gasteiger partial charge >= 0.3 is 0 Å². The lowest BCUT2D eigenvalue weighted by Gasteiger charge is -2.29. The van der Waals surface area contributed by atoms with Gasteiger partial charge in [0.15, 0.2) is 5.69 Å². The molecule has 1 aromatic rings. The molecule has 0 aliphatic heterocycles. The zero-order valence-corrected chi connectivity index (χ0v) is 10.6. The van der Waals surface area contributed by atoms with Gasteiger partial charge in [-0.25, -0.2) is 0 Å². The fraction of sp³-hybridized carbons (Fsp3) is 0.667. The van der Waals surface area contributed by atoms with Crippen LogP contribution in [-0.2, 0) is 0 Å². The van der Waals surface area contributed by atoms with Crippen LogP contribution < -0.4 is 0 Å². The Hall–Kier alpha value is -1.36. The Kier molecular flexibility index (Phi) is 5.15. The Morgan fingerprint density at radius 3 is 2.59 bits per heavy atom. The molecule has 1 heterocycles. The minimum Gasteiger partial charge on any atom is -0.395 e. The lowest BCUT2D eigenvalue weighted by atomic mass is 10.1. The molecule has 17 heavy (non-hydrogen) atoms. The van der Waals surface area contributed by atoms with Crippen LogP contribution in [0.2, 0.25) is 0 Å². The zero-order valence-electron chi connectivity index (χ0n) is 10.6. The second-order valence-corrected chi connectivity index (χ2v) is 4.02. The van der Waals surface area contributed by atoms with Gasteiger partial charge in [0.05, 0.1) is 6.61 Å². The number of rotatable bonds is 6. The van der Waals surface area contributed by atoms with Crippen molar-refractivity contribution in [2.24, 2.45) is 0 Å². The van der Waals surface area contributed by atoms with Crippen LogP contribution in [0.3, 0.4) is 0 Å². The lowest BCUT2D eigenvalue weighted by molar-refractivity contribution is 0.0612. The second kappa shape index (κ2) is 6.39. The molecule has 0 unspecified atom stereocenters. The van der Waals surface area contributed by atoms with E-state index in [9.17, 15) is 4.79 Å². The molecule has 0 aliphatic rings. The highest BCUT2D eigenvalue weighted by Crippen LogP contribution is 2.13. The summed E-state index contributed by atoms with van der Waals surface area (Å²) >= 11 is 0. The first kappa shape index (κ1) is 13.7. The van der Waals surface area contributed by atoms with E-state index in [4.69, 9.17) is 9.63 Å². The summed E-state index contributed by atoms with van der Waals surface area (Å²) in [6.07, 6.45) is 1.72. The van der Waals surface area contributed by atoms with E-state index in [1.165, 1.54) is 0 Å². The molecule has 1 N–H and O–H groups in total. The average Bonchev–Trinajstić information content (AvgIpc) is 2.75. The van der Waals surface area contributed by atoms with Crippen LogP contribution >= 0.6 is 0 Å². The molecular formula is C12H20N2O3. The van der Waals surface area contributed by atoms with Gasteiger partial charge in [-0.2, -0.15) is 0 Å². The predicted molar refractivity (Wildman–Crippen MR) is 63.7 cm³/mol. The van der Waals surface area contributed by atoms with E-state index in [1.54, 1.807) is 17.9 Å². The first-order chi connectivity index (χ1) is 8.13. The third kappa shape index (κ3) is 3.30. The largest absolute Gasteiger partial charge is 0.395 e. The van der Waals surface area contributed by atoms with Gasteiger partial charge in [-0.05, 0) is 19.8 Å². The maximum Gasteiger partial charge on any atom is 0.276 e. The van der Waals surface area contributed by atoms with Crippen molar-refractivity contribution in [1.29, 1.82) is 0 Å². The maximum atomic E-state index is 12.2. The van der Waals surface area contributed by atoms with Crippen molar-refractivity contribution < 1.29 is 14.4 Å². The van der Waals surface area contributed by atoms with Gasteiger partial charge in [-0.15, -0.1) is 0 Å². The number of aromatic nitrogens is 1. The van der Waals surface area contributed by atoms with Gasteiger partial charge in [0.1, 0.15) is 5.76 Å². The molecule has 1 amide bonds. The van der Waals surface area contributed by atoms with Crippen LogP contribution in [0, 0.1) is 6.92 Å². The summed E-state index contributed by atoms with van der Waals surface area (Å²) < 4.78 is 4.90. The average molecular weight is 240 g/mol. The number of hydrogen-bond donors (Lipinski definition) is 1. The molecule has 96 valence electrons. The molecule has 5 heteroatoms. The van der Waals surface area contributed by atoms with Gasteiger partial charge in [0.25, 0.3) is 5.91 Å². The number of aliphatic hydroxyl groups is 1. The first-order valence-electron chi connectivity index (χ1n) is 5.99. The van der Waals surface area contributed by atoms with Crippen LogP contribution in [0.5, 0.6) is 0 Å². The van der Waals surface area contributed by atoms with Crippen molar-refractivity contribution in [2.75, 3.05) is 13.2 Å². The molecule has 0 aromatic carbocycles. The van der Waals surface area contributed by atoms with Crippen molar-refractivity contribution >= 4 is 5.91 Å². The van der Waals surface area contributed by atoms with Crippen molar-refractivity contribution in [3.8, 4) is 0 Å². The topological polar surface area (TPSA) is 66.6 Å². The van der Waals surface area contributed by atoms with E-state index in [-0.39, 0.29) is 18.6 Å². The summed E-state index contributed by atoms with van der Waals surface area (Å²) in [5.41, 5.74) is 0.308. The summed E-state index contributed by atoms with van der Waals surface area (Å²) in [5, 5.41) is 12.8. The number of aryl methyl sites for hydroxylation is 1. The Morgan fingerprint density at radius 1 is 1.53 bits per heavy atom. The van der Waals surface area contributed by atoms with Crippen LogP contribution in [0.1, 0.15) is 42.9 Å². The summed E-state index contributed by atoms with van der Waals surface area (Å²) in [7, 11) is 0. The molecule has 5 nitrogen and oxygen atoms in total. The fourth-order valence-corrected chi connectivity index (χ4v) is 1.90. The van der Waals surface area contributed by atoms with Gasteiger partial charge in [0, 0.05) is 18.7 Å². The molecule has 0 radical (unpaired) electrons. The molecule has 0 bridgehead atoms. The predicted octanol–water partition coefficient (Wildman–Crippen LogP) is 1.61. The van der Waals surface area contributed by atoms with E-state index in [0.717, 1.165) is 12.8 Å². The standard InChI is InChI=1S/C12H20N2O3/c1-4-10(5-2)14(6-7-15)12(16)11-8-9(3)17-13-11/h8,10,15H,4-7H2,1-3H3. The van der Waals surface area contributed by atoms with Crippen molar-refractivity contribution in [1.82, 2.24) is 10.1 Å². The number of carbonyl (C=O) groups excluding carboxylic acids is 1. The first-order valence-corrected chi connectivity index (χ1v) is 5.99. The van der Waals surface area contributed by atoms with E-state index in [2.05, 4.69) is 5.16 Å². The summed E-state index contributed by atoms with van der Waals surface area (Å²) in [6.45, 7) is 6.09. The van der Waals surface area contributed by atoms with Gasteiger partial charge < -0.3 is 14.5 Å². The Bertz CT molecular complexity index is 358. The Labute approximate surface area is 101 Å². The molecule has 0 saturated heterocycles. The molecule has 0 aliphatic carbocycles. The fourth-order valence-electron chi connectivity index (χ4n) is 1.90. The number of nitrogens with zero attached hydrogens (tertiary/aromatic N) is 2. The van der Waals surface area contributed by atoms with E-state index >= 15 is 0 Å². The lowest BCUT2D eigenvalue weighted by Crippen LogP contribution is -2.41. The molecular weight excluding hydrogens is 220 g/mol. The van der Waals surface area contributed by atoms with Crippen LogP contribution in [-0.4, -0.2) is 40.3 Å². The number of carbonyl (C=O) groups is 1. The van der Waals surface area contributed by atoms with Crippen molar-refractivity contribution in [2.45, 2.75) is 39.7 Å². The van der Waals surface area contributed by atoms with Crippen molar-refractivity contribution in [3.63, 3.8) is 0 Å². The minimum absolute atomic E-state index is 0.0426. The quantitative estimate of drug-likeness (QED) is 0.820. The van der Waals surface area contributed by atoms with Gasteiger partial charge in [-0.1, -0.05) is 19.0 Å². The van der Waals surface area contributed by atoms with Gasteiger partial charge in [0.2, 0.25) is 0 Å². The van der Waals surface area contributed by atoms with Crippen LogP contribution in [0.25, 0.3) is 0 Å². The highest BCUT2D eigenvalue weighted by molar-refractivity contribution is 5.92. The SMILES string of the molecule is CCC(CC)N(CCO)C(=O)c1cc(C)on1. The number of amides is 1. The number of aliphatic hydroxyl groups excluding tert-OH is 1. The number of hydrogen-bond acceptors (Lipinski definition) is 4. The van der Waals surface area contributed by atoms with Crippen LogP contribution in [0.15, 0.2) is 10.6 Å². The molecule has 0 saturated carbocycles. The third-order valence-electron chi connectivity index (χ3n) is 2.83. The molecule has 1 rings (SSSR count). The molecule has 0 atom stereocenters. The highest BCUT2D eigenvalue weighted by atomic mass is 16.5. The third-order valence-corrected chi connectivity index (χ3v) is 2.83. The summed E-state index contributed by atoms with van der Waals surface area (Å²) in [4.78, 5) is 13.9. The normalized spacial score (nSPS) is 10.9. The minimum atomic E-state index is -0.176. The molecule has 0 spiro atoms. The van der Waals surface area contributed by atoms with E-state index < -0.39 is 0 Å². The smallest absolute Gasteiger partial charge is 0.276 e. The maximum absolute atomic E-state index is 12.2. The summed E-state index contributed by atoms with van der Waals surface area (Å²) in [5.74, 6) is 0.437. The highest BCUT2D eigenvalue weighted by Gasteiger charge is 2.24. The molecule has 0 fully saturated rings. The molecule has 1 aromatic heterocycles. The van der Waals surface area contributed by atoms with Gasteiger partial charge in [-0.3, -0.25) is 4.79 Å². The zero-order chi connectivity index (χ0) is 12.8.